The monoisotopic (exact) mass is 483 g/mol. The molecule has 0 fully saturated rings. The number of fused-ring (bicyclic) bond motifs is 1. The summed E-state index contributed by atoms with van der Waals surface area (Å²) >= 11 is 0. The summed E-state index contributed by atoms with van der Waals surface area (Å²) in [7, 11) is 3.35. The van der Waals surface area contributed by atoms with Gasteiger partial charge in [0.05, 0.1) is 31.3 Å². The Labute approximate surface area is 215 Å². The van der Waals surface area contributed by atoms with Crippen LogP contribution in [0.25, 0.3) is 50.7 Å². The molecule has 0 saturated heterocycles. The summed E-state index contributed by atoms with van der Waals surface area (Å²) in [6, 6.07) is 36.6. The predicted octanol–water partition coefficient (Wildman–Crippen LogP) is 7.41. The molecule has 0 unspecified atom stereocenters. The summed E-state index contributed by atoms with van der Waals surface area (Å²) in [6.07, 6.45) is 2.08. The van der Waals surface area contributed by atoms with E-state index in [2.05, 4.69) is 47.0 Å². The third-order valence-corrected chi connectivity index (χ3v) is 6.45. The van der Waals surface area contributed by atoms with Gasteiger partial charge in [-0.25, -0.2) is 9.97 Å². The predicted molar refractivity (Wildman–Crippen MR) is 148 cm³/mol. The number of imidazole rings is 1. The molecule has 0 bridgehead atoms. The number of hydrogen-bond donors (Lipinski definition) is 0. The molecule has 5 heteroatoms. The Balaban J connectivity index is 1.69. The maximum absolute atomic E-state index is 5.42. The highest BCUT2D eigenvalue weighted by atomic mass is 16.5. The van der Waals surface area contributed by atoms with E-state index in [0.717, 1.165) is 62.2 Å². The van der Waals surface area contributed by atoms with Gasteiger partial charge in [0.1, 0.15) is 17.2 Å². The van der Waals surface area contributed by atoms with Gasteiger partial charge >= 0.3 is 0 Å². The van der Waals surface area contributed by atoms with Crippen LogP contribution < -0.4 is 9.47 Å². The maximum atomic E-state index is 5.42. The number of aromatic nitrogens is 3. The van der Waals surface area contributed by atoms with Gasteiger partial charge in [-0.1, -0.05) is 60.7 Å². The Hall–Kier alpha value is -4.90. The zero-order valence-corrected chi connectivity index (χ0v) is 20.6. The lowest BCUT2D eigenvalue weighted by atomic mass is 10.0. The summed E-state index contributed by atoms with van der Waals surface area (Å²) in [5.74, 6) is 1.61. The van der Waals surface area contributed by atoms with Gasteiger partial charge in [0, 0.05) is 28.5 Å². The first kappa shape index (κ1) is 22.6. The summed E-state index contributed by atoms with van der Waals surface area (Å²) < 4.78 is 13.0. The molecule has 0 radical (unpaired) electrons. The van der Waals surface area contributed by atoms with E-state index in [-0.39, 0.29) is 0 Å². The molecule has 5 nitrogen and oxygen atoms in total. The Morgan fingerprint density at radius 2 is 1.03 bits per heavy atom. The highest BCUT2D eigenvalue weighted by Gasteiger charge is 2.21. The van der Waals surface area contributed by atoms with Crippen molar-refractivity contribution in [1.29, 1.82) is 0 Å². The molecular weight excluding hydrogens is 458 g/mol. The van der Waals surface area contributed by atoms with E-state index in [0.29, 0.717) is 0 Å². The van der Waals surface area contributed by atoms with Crippen molar-refractivity contribution in [3.63, 3.8) is 0 Å². The van der Waals surface area contributed by atoms with E-state index in [4.69, 9.17) is 19.4 Å². The van der Waals surface area contributed by atoms with Gasteiger partial charge in [-0.2, -0.15) is 0 Å². The molecule has 180 valence electrons. The third-order valence-electron chi connectivity index (χ3n) is 6.45. The van der Waals surface area contributed by atoms with E-state index in [9.17, 15) is 0 Å². The lowest BCUT2D eigenvalue weighted by Crippen LogP contribution is -1.98. The van der Waals surface area contributed by atoms with Gasteiger partial charge in [0.25, 0.3) is 0 Å². The van der Waals surface area contributed by atoms with Crippen LogP contribution in [0.5, 0.6) is 11.5 Å². The number of ether oxygens (including phenoxy) is 2. The Bertz CT molecular complexity index is 1660. The van der Waals surface area contributed by atoms with Gasteiger partial charge < -0.3 is 9.47 Å². The van der Waals surface area contributed by atoms with Crippen molar-refractivity contribution >= 4 is 5.65 Å². The van der Waals surface area contributed by atoms with Crippen LogP contribution in [0.15, 0.2) is 115 Å². The Morgan fingerprint density at radius 1 is 0.514 bits per heavy atom. The van der Waals surface area contributed by atoms with E-state index in [1.807, 2.05) is 72.8 Å². The molecule has 0 spiro atoms. The van der Waals surface area contributed by atoms with Crippen molar-refractivity contribution in [1.82, 2.24) is 14.4 Å². The quantitative estimate of drug-likeness (QED) is 0.247. The molecule has 6 aromatic rings. The minimum absolute atomic E-state index is 0.794. The first-order chi connectivity index (χ1) is 18.2. The molecule has 0 saturated carbocycles. The fourth-order valence-corrected chi connectivity index (χ4v) is 4.56. The number of hydrogen-bond acceptors (Lipinski definition) is 4. The van der Waals surface area contributed by atoms with Crippen LogP contribution in [0, 0.1) is 0 Å². The topological polar surface area (TPSA) is 48.7 Å². The zero-order valence-electron chi connectivity index (χ0n) is 20.6. The molecule has 2 aromatic heterocycles. The van der Waals surface area contributed by atoms with Crippen molar-refractivity contribution in [2.24, 2.45) is 0 Å². The Morgan fingerprint density at radius 3 is 1.59 bits per heavy atom. The second kappa shape index (κ2) is 9.63. The smallest absolute Gasteiger partial charge is 0.164 e. The van der Waals surface area contributed by atoms with Crippen LogP contribution in [0.2, 0.25) is 0 Å². The summed E-state index contributed by atoms with van der Waals surface area (Å²) in [6.45, 7) is 0. The second-order valence-corrected chi connectivity index (χ2v) is 8.67. The molecule has 6 rings (SSSR count). The highest BCUT2D eigenvalue weighted by Crippen LogP contribution is 2.38. The molecule has 37 heavy (non-hydrogen) atoms. The lowest BCUT2D eigenvalue weighted by Gasteiger charge is -2.11. The van der Waals surface area contributed by atoms with E-state index >= 15 is 0 Å². The van der Waals surface area contributed by atoms with Crippen molar-refractivity contribution in [2.75, 3.05) is 14.2 Å². The molecular formula is C32H25N3O2. The van der Waals surface area contributed by atoms with Crippen LogP contribution in [0.3, 0.4) is 0 Å². The van der Waals surface area contributed by atoms with Crippen LogP contribution in [0.4, 0.5) is 0 Å². The number of methoxy groups -OCH3 is 2. The Kier molecular flexibility index (Phi) is 5.87. The summed E-state index contributed by atoms with van der Waals surface area (Å²) in [5, 5.41) is 0. The van der Waals surface area contributed by atoms with E-state index in [1.165, 1.54) is 0 Å². The van der Waals surface area contributed by atoms with Crippen LogP contribution in [-0.4, -0.2) is 28.6 Å². The summed E-state index contributed by atoms with van der Waals surface area (Å²) in [4.78, 5) is 10.3. The number of rotatable bonds is 6. The van der Waals surface area contributed by atoms with Gasteiger partial charge in [-0.05, 0) is 48.5 Å². The first-order valence-corrected chi connectivity index (χ1v) is 12.1. The number of benzene rings is 4. The molecule has 0 aliphatic heterocycles. The highest BCUT2D eigenvalue weighted by molar-refractivity contribution is 5.87. The molecule has 0 aliphatic carbocycles. The van der Waals surface area contributed by atoms with Crippen molar-refractivity contribution < 1.29 is 9.47 Å². The van der Waals surface area contributed by atoms with Gasteiger partial charge in [-0.3, -0.25) is 4.40 Å². The molecule has 4 aromatic carbocycles. The molecule has 2 heterocycles. The minimum atomic E-state index is 0.794. The fourth-order valence-electron chi connectivity index (χ4n) is 4.56. The van der Waals surface area contributed by atoms with Crippen molar-refractivity contribution in [3.05, 3.63) is 115 Å². The second-order valence-electron chi connectivity index (χ2n) is 8.67. The SMILES string of the molecule is COc1ccc(-c2nc3c(-c4ccccc4)nc(-c4ccccc4)cn3c2-c2ccc(OC)cc2)cc1. The normalized spacial score (nSPS) is 11.0. The van der Waals surface area contributed by atoms with Crippen LogP contribution >= 0.6 is 0 Å². The average Bonchev–Trinajstić information content (AvgIpc) is 3.37. The molecule has 0 aliphatic rings. The van der Waals surface area contributed by atoms with E-state index < -0.39 is 0 Å². The first-order valence-electron chi connectivity index (χ1n) is 12.1. The largest absolute Gasteiger partial charge is 0.497 e. The van der Waals surface area contributed by atoms with Crippen LogP contribution in [-0.2, 0) is 0 Å². The van der Waals surface area contributed by atoms with E-state index in [1.54, 1.807) is 14.2 Å². The summed E-state index contributed by atoms with van der Waals surface area (Å²) in [5.41, 5.74) is 8.44. The number of nitrogens with zero attached hydrogens (tertiary/aromatic N) is 3. The maximum Gasteiger partial charge on any atom is 0.164 e. The van der Waals surface area contributed by atoms with Gasteiger partial charge in [0.15, 0.2) is 5.65 Å². The van der Waals surface area contributed by atoms with Crippen LogP contribution in [0.1, 0.15) is 0 Å². The van der Waals surface area contributed by atoms with Gasteiger partial charge in [-0.15, -0.1) is 0 Å². The molecule has 0 atom stereocenters. The standard InChI is InChI=1S/C32H25N3O2/c1-36-26-17-13-24(14-18-26)29-31(25-15-19-27(37-2)20-16-25)35-21-28(22-9-5-3-6-10-22)33-30(32(35)34-29)23-11-7-4-8-12-23/h3-21H,1-2H3. The molecule has 0 amide bonds. The van der Waals surface area contributed by atoms with Crippen molar-refractivity contribution in [3.8, 4) is 56.5 Å². The fraction of sp³-hybridized carbons (Fsp3) is 0.0625. The third kappa shape index (κ3) is 4.21. The lowest BCUT2D eigenvalue weighted by molar-refractivity contribution is 0.414. The zero-order chi connectivity index (χ0) is 25.2. The molecule has 0 N–H and O–H groups in total. The van der Waals surface area contributed by atoms with Gasteiger partial charge in [0.2, 0.25) is 0 Å². The minimum Gasteiger partial charge on any atom is -0.497 e. The average molecular weight is 484 g/mol. The van der Waals surface area contributed by atoms with Crippen molar-refractivity contribution in [2.45, 2.75) is 0 Å².